The molecule has 29 heavy (non-hydrogen) atoms. The Hall–Kier alpha value is -2.17. The maximum atomic E-state index is 13.4. The molecule has 4 nitrogen and oxygen atoms in total. The Labute approximate surface area is 174 Å². The number of hydrogen-bond acceptors (Lipinski definition) is 3. The monoisotopic (exact) mass is 392 g/mol. The van der Waals surface area contributed by atoms with E-state index in [2.05, 4.69) is 64.4 Å². The van der Waals surface area contributed by atoms with Crippen molar-refractivity contribution < 1.29 is 9.53 Å². The number of rotatable bonds is 6. The van der Waals surface area contributed by atoms with Gasteiger partial charge in [0.25, 0.3) is 0 Å². The van der Waals surface area contributed by atoms with Gasteiger partial charge in [0.1, 0.15) is 0 Å². The van der Waals surface area contributed by atoms with E-state index in [1.807, 2.05) is 6.07 Å². The van der Waals surface area contributed by atoms with Crippen molar-refractivity contribution in [2.24, 2.45) is 5.92 Å². The van der Waals surface area contributed by atoms with Gasteiger partial charge in [-0.2, -0.15) is 0 Å². The minimum absolute atomic E-state index is 0.0640. The van der Waals surface area contributed by atoms with Crippen molar-refractivity contribution in [3.8, 4) is 0 Å². The van der Waals surface area contributed by atoms with Crippen molar-refractivity contribution in [2.45, 2.75) is 44.4 Å². The van der Waals surface area contributed by atoms with Crippen LogP contribution in [0.1, 0.15) is 30.4 Å². The second-order valence-corrected chi connectivity index (χ2v) is 8.48. The fraction of sp³-hybridized carbons (Fsp3) is 0.480. The van der Waals surface area contributed by atoms with Gasteiger partial charge in [0, 0.05) is 33.3 Å². The number of piperidine rings is 1. The van der Waals surface area contributed by atoms with E-state index in [9.17, 15) is 4.79 Å². The molecule has 0 N–H and O–H groups in total. The summed E-state index contributed by atoms with van der Waals surface area (Å²) in [5.74, 6) is 0.968. The Morgan fingerprint density at radius 2 is 1.59 bits per heavy atom. The molecular formula is C25H32N2O2. The summed E-state index contributed by atoms with van der Waals surface area (Å²) < 4.78 is 5.62. The molecule has 2 fully saturated rings. The zero-order valence-corrected chi connectivity index (χ0v) is 17.4. The number of nitrogens with zero attached hydrogens (tertiary/aromatic N) is 2. The first kappa shape index (κ1) is 20.1. The van der Waals surface area contributed by atoms with Gasteiger partial charge in [0.2, 0.25) is 5.91 Å². The Balaban J connectivity index is 1.35. The van der Waals surface area contributed by atoms with Gasteiger partial charge in [-0.25, -0.2) is 0 Å². The molecule has 2 aliphatic heterocycles. The number of methoxy groups -OCH3 is 1. The smallest absolute Gasteiger partial charge is 0.240 e. The number of hydrogen-bond donors (Lipinski definition) is 0. The molecule has 2 heterocycles. The third kappa shape index (κ3) is 5.06. The molecule has 4 rings (SSSR count). The van der Waals surface area contributed by atoms with Crippen molar-refractivity contribution in [3.63, 3.8) is 0 Å². The first-order chi connectivity index (χ1) is 14.2. The molecule has 0 bridgehead atoms. The molecule has 154 valence electrons. The van der Waals surface area contributed by atoms with Crippen LogP contribution in [-0.2, 0) is 22.5 Å². The molecule has 2 unspecified atom stereocenters. The van der Waals surface area contributed by atoms with E-state index in [0.29, 0.717) is 11.8 Å². The molecule has 0 aliphatic carbocycles. The van der Waals surface area contributed by atoms with Crippen LogP contribution in [0.25, 0.3) is 0 Å². The van der Waals surface area contributed by atoms with Crippen LogP contribution in [0.2, 0.25) is 0 Å². The highest BCUT2D eigenvalue weighted by atomic mass is 16.5. The molecule has 4 heteroatoms. The van der Waals surface area contributed by atoms with Gasteiger partial charge < -0.3 is 9.64 Å². The number of carbonyl (C=O) groups is 1. The van der Waals surface area contributed by atoms with E-state index >= 15 is 0 Å². The predicted octanol–water partition coefficient (Wildman–Crippen LogP) is 3.76. The topological polar surface area (TPSA) is 32.8 Å². The lowest BCUT2D eigenvalue weighted by Gasteiger charge is -2.35. The molecular weight excluding hydrogens is 360 g/mol. The summed E-state index contributed by atoms with van der Waals surface area (Å²) in [4.78, 5) is 17.8. The molecule has 2 aromatic carbocycles. The van der Waals surface area contributed by atoms with Crippen molar-refractivity contribution in [3.05, 3.63) is 71.8 Å². The lowest BCUT2D eigenvalue weighted by atomic mass is 9.90. The molecule has 2 aliphatic rings. The lowest BCUT2D eigenvalue weighted by molar-refractivity contribution is -0.137. The van der Waals surface area contributed by atoms with Crippen LogP contribution in [0, 0.1) is 5.92 Å². The van der Waals surface area contributed by atoms with E-state index in [1.165, 1.54) is 11.1 Å². The van der Waals surface area contributed by atoms with Gasteiger partial charge in [-0.1, -0.05) is 60.7 Å². The van der Waals surface area contributed by atoms with Crippen LogP contribution < -0.4 is 0 Å². The van der Waals surface area contributed by atoms with Gasteiger partial charge in [-0.15, -0.1) is 0 Å². The lowest BCUT2D eigenvalue weighted by Crippen LogP contribution is -2.48. The number of benzene rings is 2. The minimum atomic E-state index is -0.0640. The summed E-state index contributed by atoms with van der Waals surface area (Å²) in [5, 5.41) is 0. The molecule has 0 aromatic heterocycles. The normalized spacial score (nSPS) is 23.4. The zero-order chi connectivity index (χ0) is 20.1. The second kappa shape index (κ2) is 9.55. The molecule has 0 radical (unpaired) electrons. The highest BCUT2D eigenvalue weighted by molar-refractivity contribution is 5.82. The average molecular weight is 393 g/mol. The summed E-state index contributed by atoms with van der Waals surface area (Å²) in [6.07, 6.45) is 4.26. The van der Waals surface area contributed by atoms with Gasteiger partial charge in [-0.05, 0) is 42.7 Å². The summed E-state index contributed by atoms with van der Waals surface area (Å²) in [6, 6.07) is 21.1. The van der Waals surface area contributed by atoms with Crippen LogP contribution >= 0.6 is 0 Å². The van der Waals surface area contributed by atoms with Crippen molar-refractivity contribution >= 4 is 5.91 Å². The standard InChI is InChI=1S/C25H32N2O2/c1-29-23-17-24(27(19-23)18-22-10-6-3-7-11-22)25(28)26-14-12-21(13-15-26)16-20-8-4-2-5-9-20/h2-11,21,23-24H,12-19H2,1H3. The van der Waals surface area contributed by atoms with E-state index in [-0.39, 0.29) is 12.1 Å². The second-order valence-electron chi connectivity index (χ2n) is 8.48. The Bertz CT molecular complexity index is 772. The van der Waals surface area contributed by atoms with Crippen LogP contribution in [0.3, 0.4) is 0 Å². The number of ether oxygens (including phenoxy) is 1. The zero-order valence-electron chi connectivity index (χ0n) is 17.4. The van der Waals surface area contributed by atoms with Crippen molar-refractivity contribution in [1.82, 2.24) is 9.80 Å². The maximum absolute atomic E-state index is 13.4. The number of amides is 1. The summed E-state index contributed by atoms with van der Waals surface area (Å²) in [5.41, 5.74) is 2.66. The Morgan fingerprint density at radius 1 is 0.966 bits per heavy atom. The van der Waals surface area contributed by atoms with Crippen LogP contribution in [0.15, 0.2) is 60.7 Å². The summed E-state index contributed by atoms with van der Waals surface area (Å²) in [6.45, 7) is 3.39. The largest absolute Gasteiger partial charge is 0.380 e. The predicted molar refractivity (Wildman–Crippen MR) is 116 cm³/mol. The molecule has 1 amide bonds. The fourth-order valence-electron chi connectivity index (χ4n) is 4.80. The van der Waals surface area contributed by atoms with Crippen LogP contribution in [0.4, 0.5) is 0 Å². The number of likely N-dealkylation sites (tertiary alicyclic amines) is 2. The van der Waals surface area contributed by atoms with E-state index in [4.69, 9.17) is 4.74 Å². The van der Waals surface area contributed by atoms with Crippen LogP contribution in [0.5, 0.6) is 0 Å². The molecule has 0 spiro atoms. The van der Waals surface area contributed by atoms with Crippen molar-refractivity contribution in [2.75, 3.05) is 26.7 Å². The molecule has 2 aromatic rings. The Kier molecular flexibility index (Phi) is 6.63. The fourth-order valence-corrected chi connectivity index (χ4v) is 4.80. The first-order valence-corrected chi connectivity index (χ1v) is 10.9. The highest BCUT2D eigenvalue weighted by Crippen LogP contribution is 2.27. The Morgan fingerprint density at radius 3 is 2.21 bits per heavy atom. The summed E-state index contributed by atoms with van der Waals surface area (Å²) >= 11 is 0. The van der Waals surface area contributed by atoms with E-state index in [1.54, 1.807) is 7.11 Å². The molecule has 2 saturated heterocycles. The van der Waals surface area contributed by atoms with Crippen molar-refractivity contribution in [1.29, 1.82) is 0 Å². The quantitative estimate of drug-likeness (QED) is 0.750. The minimum Gasteiger partial charge on any atom is -0.380 e. The first-order valence-electron chi connectivity index (χ1n) is 10.9. The van der Waals surface area contributed by atoms with Gasteiger partial charge in [0.15, 0.2) is 0 Å². The third-order valence-corrected chi connectivity index (χ3v) is 6.51. The SMILES string of the molecule is COC1CC(C(=O)N2CCC(Cc3ccccc3)CC2)N(Cc2ccccc2)C1. The average Bonchev–Trinajstić information content (AvgIpc) is 3.18. The third-order valence-electron chi connectivity index (χ3n) is 6.51. The van der Waals surface area contributed by atoms with Gasteiger partial charge >= 0.3 is 0 Å². The summed E-state index contributed by atoms with van der Waals surface area (Å²) in [7, 11) is 1.76. The van der Waals surface area contributed by atoms with Gasteiger partial charge in [-0.3, -0.25) is 9.69 Å². The number of carbonyl (C=O) groups excluding carboxylic acids is 1. The van der Waals surface area contributed by atoms with E-state index < -0.39 is 0 Å². The van der Waals surface area contributed by atoms with E-state index in [0.717, 1.165) is 51.9 Å². The maximum Gasteiger partial charge on any atom is 0.240 e. The molecule has 0 saturated carbocycles. The van der Waals surface area contributed by atoms with Crippen LogP contribution in [-0.4, -0.2) is 54.6 Å². The van der Waals surface area contributed by atoms with Gasteiger partial charge in [0.05, 0.1) is 12.1 Å². The highest BCUT2D eigenvalue weighted by Gasteiger charge is 2.39. The molecule has 2 atom stereocenters.